The molecule has 1 aromatic heterocycles. The van der Waals surface area contributed by atoms with Crippen LogP contribution in [0.3, 0.4) is 0 Å². The molecule has 2 amide bonds. The molecule has 0 aliphatic carbocycles. The topological polar surface area (TPSA) is 81.1 Å². The predicted molar refractivity (Wildman–Crippen MR) is 109 cm³/mol. The average Bonchev–Trinajstić information content (AvgIpc) is 2.70. The van der Waals surface area contributed by atoms with Gasteiger partial charge in [-0.05, 0) is 36.2 Å². The highest BCUT2D eigenvalue weighted by molar-refractivity contribution is 7.80. The van der Waals surface area contributed by atoms with Gasteiger partial charge in [0.25, 0.3) is 0 Å². The Bertz CT molecular complexity index is 904. The van der Waals surface area contributed by atoms with E-state index in [1.807, 2.05) is 0 Å². The molecule has 0 bridgehead atoms. The highest BCUT2D eigenvalue weighted by Gasteiger charge is 2.23. The lowest BCUT2D eigenvalue weighted by Crippen LogP contribution is -2.52. The van der Waals surface area contributed by atoms with Crippen LogP contribution in [-0.2, 0) is 6.42 Å². The number of carbonyl (C=O) groups excluding carboxylic acids is 1. The first-order valence-electron chi connectivity index (χ1n) is 9.04. The second-order valence-electron chi connectivity index (χ2n) is 6.44. The summed E-state index contributed by atoms with van der Waals surface area (Å²) in [6.07, 6.45) is 3.14. The summed E-state index contributed by atoms with van der Waals surface area (Å²) in [6, 6.07) is 5.01. The first-order valence-corrected chi connectivity index (χ1v) is 9.49. The Morgan fingerprint density at radius 2 is 2.03 bits per heavy atom. The molecule has 0 atom stereocenters. The van der Waals surface area contributed by atoms with Crippen LogP contribution in [0.25, 0.3) is 0 Å². The minimum Gasteiger partial charge on any atom is -0.396 e. The maximum absolute atomic E-state index is 14.3. The van der Waals surface area contributed by atoms with Gasteiger partial charge in [0.15, 0.2) is 11.6 Å². The van der Waals surface area contributed by atoms with E-state index >= 15 is 0 Å². The Labute approximate surface area is 172 Å². The Hall–Kier alpha value is -2.72. The zero-order valence-corrected chi connectivity index (χ0v) is 16.4. The molecule has 2 heterocycles. The van der Waals surface area contributed by atoms with E-state index in [9.17, 15) is 13.6 Å². The van der Waals surface area contributed by atoms with Crippen molar-refractivity contribution in [2.75, 3.05) is 37.7 Å². The van der Waals surface area contributed by atoms with Gasteiger partial charge in [0.05, 0.1) is 12.0 Å². The molecule has 1 aliphatic rings. The number of piperazine rings is 1. The molecule has 10 heteroatoms. The number of thiol groups is 1. The van der Waals surface area contributed by atoms with Gasteiger partial charge in [0.1, 0.15) is 5.82 Å². The largest absolute Gasteiger partial charge is 0.396 e. The van der Waals surface area contributed by atoms with Gasteiger partial charge >= 0.3 is 6.03 Å². The van der Waals surface area contributed by atoms with Gasteiger partial charge in [0.2, 0.25) is 0 Å². The molecule has 1 saturated heterocycles. The number of hydrogen-bond donors (Lipinski definition) is 3. The quantitative estimate of drug-likeness (QED) is 0.393. The van der Waals surface area contributed by atoms with Crippen molar-refractivity contribution in [1.29, 1.82) is 0 Å². The van der Waals surface area contributed by atoms with Crippen molar-refractivity contribution in [3.05, 3.63) is 47.7 Å². The van der Waals surface area contributed by atoms with Gasteiger partial charge in [-0.25, -0.2) is 23.6 Å². The normalized spacial score (nSPS) is 14.5. The summed E-state index contributed by atoms with van der Waals surface area (Å²) in [4.78, 5) is 24.2. The van der Waals surface area contributed by atoms with E-state index in [4.69, 9.17) is 5.11 Å². The van der Waals surface area contributed by atoms with E-state index < -0.39 is 11.6 Å². The van der Waals surface area contributed by atoms with Crippen LogP contribution in [0.1, 0.15) is 5.56 Å². The van der Waals surface area contributed by atoms with Crippen molar-refractivity contribution in [2.45, 2.75) is 11.3 Å². The predicted octanol–water partition coefficient (Wildman–Crippen LogP) is 2.37. The van der Waals surface area contributed by atoms with Crippen LogP contribution >= 0.6 is 12.6 Å². The molecule has 0 unspecified atom stereocenters. The summed E-state index contributed by atoms with van der Waals surface area (Å²) >= 11 is 4.13. The molecule has 29 heavy (non-hydrogen) atoms. The number of hydrogen-bond acceptors (Lipinski definition) is 6. The van der Waals surface area contributed by atoms with Crippen LogP contribution in [0.2, 0.25) is 0 Å². The maximum Gasteiger partial charge on any atom is 0.322 e. The number of amides is 2. The zero-order chi connectivity index (χ0) is 20.8. The number of nitrogens with zero attached hydrogens (tertiary/aromatic N) is 4. The highest BCUT2D eigenvalue weighted by atomic mass is 32.1. The van der Waals surface area contributed by atoms with E-state index in [0.29, 0.717) is 48.7 Å². The average molecular weight is 421 g/mol. The van der Waals surface area contributed by atoms with E-state index in [1.54, 1.807) is 16.0 Å². The van der Waals surface area contributed by atoms with Crippen molar-refractivity contribution >= 4 is 36.5 Å². The molecule has 0 radical (unpaired) electrons. The van der Waals surface area contributed by atoms with Crippen LogP contribution in [0.5, 0.6) is 0 Å². The molecule has 1 fully saturated rings. The number of aliphatic imine (C=N–C) groups is 1. The molecule has 0 saturated carbocycles. The maximum atomic E-state index is 14.3. The first kappa shape index (κ1) is 21.0. The number of urea groups is 1. The number of anilines is 1. The second-order valence-corrected chi connectivity index (χ2v) is 6.92. The van der Waals surface area contributed by atoms with Crippen molar-refractivity contribution in [3.8, 4) is 0 Å². The van der Waals surface area contributed by atoms with Crippen molar-refractivity contribution in [3.63, 3.8) is 0 Å². The van der Waals surface area contributed by atoms with Crippen LogP contribution in [0, 0.1) is 11.6 Å². The zero-order valence-electron chi connectivity index (χ0n) is 15.6. The number of halogens is 2. The third kappa shape index (κ3) is 5.42. The molecule has 2 N–H and O–H groups in total. The number of carbonyl (C=O) groups is 1. The number of aliphatic hydroxyl groups is 1. The molecule has 7 nitrogen and oxygen atoms in total. The van der Waals surface area contributed by atoms with E-state index in [1.165, 1.54) is 30.6 Å². The number of nitrogens with one attached hydrogen (secondary N) is 1. The molecular weight excluding hydrogens is 400 g/mol. The number of aromatic nitrogens is 1. The van der Waals surface area contributed by atoms with Crippen LogP contribution < -0.4 is 10.2 Å². The SMILES string of the molecule is O=C(NC=Nc1ccc(F)cc1S)N1CCN(c2ncc(CCO)cc2F)CC1. The molecule has 154 valence electrons. The van der Waals surface area contributed by atoms with Crippen molar-refractivity contribution < 1.29 is 18.7 Å². The lowest BCUT2D eigenvalue weighted by atomic mass is 10.2. The number of pyridine rings is 1. The van der Waals surface area contributed by atoms with Gasteiger partial charge < -0.3 is 14.9 Å². The minimum absolute atomic E-state index is 0.0615. The van der Waals surface area contributed by atoms with E-state index in [2.05, 4.69) is 27.9 Å². The number of benzene rings is 1. The third-order valence-electron chi connectivity index (χ3n) is 4.47. The van der Waals surface area contributed by atoms with Crippen LogP contribution in [-0.4, -0.2) is 60.1 Å². The van der Waals surface area contributed by atoms with Crippen molar-refractivity contribution in [2.24, 2.45) is 4.99 Å². The van der Waals surface area contributed by atoms with Gasteiger partial charge in [-0.1, -0.05) is 0 Å². The lowest BCUT2D eigenvalue weighted by molar-refractivity contribution is 0.199. The highest BCUT2D eigenvalue weighted by Crippen LogP contribution is 2.23. The first-order chi connectivity index (χ1) is 14.0. The molecule has 1 aliphatic heterocycles. The summed E-state index contributed by atoms with van der Waals surface area (Å²) in [6.45, 7) is 1.61. The minimum atomic E-state index is -0.442. The van der Waals surface area contributed by atoms with E-state index in [0.717, 1.165) is 0 Å². The van der Waals surface area contributed by atoms with Crippen LogP contribution in [0.15, 0.2) is 40.4 Å². The third-order valence-corrected chi connectivity index (χ3v) is 4.83. The summed E-state index contributed by atoms with van der Waals surface area (Å²) in [7, 11) is 0. The fourth-order valence-electron chi connectivity index (χ4n) is 2.94. The Kier molecular flexibility index (Phi) is 6.99. The standard InChI is InChI=1S/C19H21F2N5O2S/c20-14-1-2-16(17(29)10-14)23-12-24-19(28)26-6-4-25(5-7-26)18-15(21)9-13(3-8-27)11-22-18/h1-2,9-12,27,29H,3-8H2,(H,23,24,28). The van der Waals surface area contributed by atoms with E-state index in [-0.39, 0.29) is 18.5 Å². The lowest BCUT2D eigenvalue weighted by Gasteiger charge is -2.35. The Balaban J connectivity index is 1.52. The monoisotopic (exact) mass is 421 g/mol. The second kappa shape index (κ2) is 9.66. The summed E-state index contributed by atoms with van der Waals surface area (Å²) in [5.74, 6) is -0.612. The fraction of sp³-hybridized carbons (Fsp3) is 0.316. The van der Waals surface area contributed by atoms with Gasteiger partial charge in [0, 0.05) is 43.9 Å². The molecule has 1 aromatic carbocycles. The summed E-state index contributed by atoms with van der Waals surface area (Å²) < 4.78 is 27.3. The Morgan fingerprint density at radius 3 is 2.69 bits per heavy atom. The van der Waals surface area contributed by atoms with Gasteiger partial charge in [-0.2, -0.15) is 0 Å². The van der Waals surface area contributed by atoms with Crippen molar-refractivity contribution in [1.82, 2.24) is 15.2 Å². The molecule has 2 aromatic rings. The summed E-state index contributed by atoms with van der Waals surface area (Å²) in [5, 5.41) is 11.5. The number of rotatable bonds is 5. The number of aliphatic hydroxyl groups excluding tert-OH is 1. The Morgan fingerprint density at radius 1 is 1.28 bits per heavy atom. The van der Waals surface area contributed by atoms with Gasteiger partial charge in [-0.15, -0.1) is 12.6 Å². The molecule has 3 rings (SSSR count). The van der Waals surface area contributed by atoms with Gasteiger partial charge in [-0.3, -0.25) is 5.32 Å². The smallest absolute Gasteiger partial charge is 0.322 e. The summed E-state index contributed by atoms with van der Waals surface area (Å²) in [5.41, 5.74) is 1.07. The van der Waals surface area contributed by atoms with Crippen LogP contribution in [0.4, 0.5) is 25.1 Å². The molecule has 0 spiro atoms. The molecular formula is C19H21F2N5O2S. The fourth-order valence-corrected chi connectivity index (χ4v) is 3.20.